The first kappa shape index (κ1) is 18.5. The van der Waals surface area contributed by atoms with Crippen LogP contribution in [0.15, 0.2) is 33.9 Å². The molecule has 0 saturated heterocycles. The Balaban J connectivity index is 1.65. The Morgan fingerprint density at radius 1 is 1.31 bits per heavy atom. The van der Waals surface area contributed by atoms with E-state index in [9.17, 15) is 10.1 Å². The molecule has 26 heavy (non-hydrogen) atoms. The van der Waals surface area contributed by atoms with E-state index in [1.54, 1.807) is 6.92 Å². The molecule has 1 aromatic heterocycles. The van der Waals surface area contributed by atoms with Gasteiger partial charge in [-0.15, -0.1) is 10.2 Å². The number of hydrogen-bond acceptors (Lipinski definition) is 6. The number of nitrogens with zero attached hydrogens (tertiary/aromatic N) is 3. The van der Waals surface area contributed by atoms with Crippen molar-refractivity contribution in [3.63, 3.8) is 0 Å². The van der Waals surface area contributed by atoms with E-state index in [2.05, 4.69) is 21.6 Å². The number of amides is 1. The Kier molecular flexibility index (Phi) is 5.62. The molecule has 7 heteroatoms. The van der Waals surface area contributed by atoms with Gasteiger partial charge >= 0.3 is 0 Å². The van der Waals surface area contributed by atoms with Crippen LogP contribution in [-0.4, -0.2) is 26.9 Å². The molecule has 0 spiro atoms. The van der Waals surface area contributed by atoms with Gasteiger partial charge in [0.05, 0.1) is 11.3 Å². The molecule has 1 N–H and O–H groups in total. The minimum atomic E-state index is -0.731. The van der Waals surface area contributed by atoms with Gasteiger partial charge in [-0.1, -0.05) is 49.2 Å². The molecule has 6 nitrogen and oxygen atoms in total. The molecule has 1 aliphatic carbocycles. The fourth-order valence-corrected chi connectivity index (χ4v) is 3.82. The first-order chi connectivity index (χ1) is 12.5. The van der Waals surface area contributed by atoms with Gasteiger partial charge in [0.25, 0.3) is 5.22 Å². The summed E-state index contributed by atoms with van der Waals surface area (Å²) in [5, 5.41) is 20.5. The van der Waals surface area contributed by atoms with Gasteiger partial charge in [-0.25, -0.2) is 0 Å². The van der Waals surface area contributed by atoms with E-state index in [-0.39, 0.29) is 5.91 Å². The molecule has 2 aromatic rings. The first-order valence-electron chi connectivity index (χ1n) is 8.82. The van der Waals surface area contributed by atoms with Crippen molar-refractivity contribution in [1.29, 1.82) is 5.26 Å². The van der Waals surface area contributed by atoms with Crippen LogP contribution in [-0.2, 0) is 4.79 Å². The molecule has 0 bridgehead atoms. The lowest BCUT2D eigenvalue weighted by Crippen LogP contribution is -2.50. The van der Waals surface area contributed by atoms with Crippen LogP contribution < -0.4 is 5.32 Å². The number of nitrogens with one attached hydrogen (secondary N) is 1. The molecule has 0 aliphatic heterocycles. The predicted molar refractivity (Wildman–Crippen MR) is 99.4 cm³/mol. The molecule has 136 valence electrons. The van der Waals surface area contributed by atoms with Crippen LogP contribution in [0.3, 0.4) is 0 Å². The highest BCUT2D eigenvalue weighted by Crippen LogP contribution is 2.30. The topological polar surface area (TPSA) is 91.8 Å². The minimum absolute atomic E-state index is 0.172. The van der Waals surface area contributed by atoms with Gasteiger partial charge in [0.2, 0.25) is 11.8 Å². The smallest absolute Gasteiger partial charge is 0.277 e. The Morgan fingerprint density at radius 3 is 2.73 bits per heavy atom. The molecule has 1 fully saturated rings. The number of carbonyl (C=O) groups is 1. The Hall–Kier alpha value is -2.33. The zero-order valence-electron chi connectivity index (χ0n) is 15.0. The van der Waals surface area contributed by atoms with Crippen molar-refractivity contribution >= 4 is 17.7 Å². The fourth-order valence-electron chi connectivity index (χ4n) is 3.14. The summed E-state index contributed by atoms with van der Waals surface area (Å²) in [5.41, 5.74) is 1.20. The average molecular weight is 370 g/mol. The van der Waals surface area contributed by atoms with Gasteiger partial charge < -0.3 is 9.73 Å². The SMILES string of the molecule is Cc1ccccc1-c1nnc(SC(C)C(=O)NC2(C#N)CCCCC2)o1. The molecule has 1 heterocycles. The van der Waals surface area contributed by atoms with Crippen molar-refractivity contribution in [3.8, 4) is 17.5 Å². The van der Waals surface area contributed by atoms with Crippen LogP contribution in [0.25, 0.3) is 11.5 Å². The monoisotopic (exact) mass is 370 g/mol. The van der Waals surface area contributed by atoms with Gasteiger partial charge in [-0.3, -0.25) is 4.79 Å². The maximum Gasteiger partial charge on any atom is 0.277 e. The lowest BCUT2D eigenvalue weighted by Gasteiger charge is -2.32. The van der Waals surface area contributed by atoms with Crippen molar-refractivity contribution < 1.29 is 9.21 Å². The van der Waals surface area contributed by atoms with Gasteiger partial charge in [-0.05, 0) is 38.3 Å². The van der Waals surface area contributed by atoms with Gasteiger partial charge in [0.15, 0.2) is 0 Å². The van der Waals surface area contributed by atoms with Gasteiger partial charge in [0.1, 0.15) is 5.54 Å². The highest BCUT2D eigenvalue weighted by atomic mass is 32.2. The van der Waals surface area contributed by atoms with E-state index in [1.807, 2.05) is 31.2 Å². The van der Waals surface area contributed by atoms with E-state index in [0.29, 0.717) is 24.0 Å². The van der Waals surface area contributed by atoms with Crippen LogP contribution in [0.5, 0.6) is 0 Å². The van der Waals surface area contributed by atoms with E-state index >= 15 is 0 Å². The summed E-state index contributed by atoms with van der Waals surface area (Å²) in [5.74, 6) is 0.271. The molecule has 1 amide bonds. The minimum Gasteiger partial charge on any atom is -0.411 e. The molecule has 1 aromatic carbocycles. The normalized spacial score (nSPS) is 17.3. The van der Waals surface area contributed by atoms with Crippen LogP contribution in [0, 0.1) is 18.3 Å². The van der Waals surface area contributed by atoms with Crippen LogP contribution in [0.2, 0.25) is 0 Å². The van der Waals surface area contributed by atoms with Crippen molar-refractivity contribution in [2.45, 2.75) is 62.0 Å². The Bertz CT molecular complexity index is 821. The Morgan fingerprint density at radius 2 is 2.04 bits per heavy atom. The summed E-state index contributed by atoms with van der Waals surface area (Å²) < 4.78 is 5.71. The number of aromatic nitrogens is 2. The zero-order chi connectivity index (χ0) is 18.6. The summed E-state index contributed by atoms with van der Waals surface area (Å²) in [7, 11) is 0. The second-order valence-electron chi connectivity index (χ2n) is 6.69. The fraction of sp³-hybridized carbons (Fsp3) is 0.474. The van der Waals surface area contributed by atoms with E-state index in [4.69, 9.17) is 4.42 Å². The van der Waals surface area contributed by atoms with Crippen molar-refractivity contribution in [2.75, 3.05) is 0 Å². The standard InChI is InChI=1S/C19H22N4O2S/c1-13-8-4-5-9-15(13)17-22-23-18(25-17)26-14(2)16(24)21-19(12-20)10-6-3-7-11-19/h4-5,8-9,14H,3,6-7,10-11H2,1-2H3,(H,21,24). The second-order valence-corrected chi connectivity index (χ2v) is 7.98. The number of carbonyl (C=O) groups excluding carboxylic acids is 1. The number of nitriles is 1. The van der Waals surface area contributed by atoms with Crippen LogP contribution in [0.1, 0.15) is 44.6 Å². The molecule has 1 saturated carbocycles. The van der Waals surface area contributed by atoms with Gasteiger partial charge in [0, 0.05) is 5.56 Å². The third-order valence-corrected chi connectivity index (χ3v) is 5.65. The number of hydrogen-bond donors (Lipinski definition) is 1. The number of thioether (sulfide) groups is 1. The third-order valence-electron chi connectivity index (χ3n) is 4.71. The van der Waals surface area contributed by atoms with Crippen molar-refractivity contribution in [2.24, 2.45) is 0 Å². The van der Waals surface area contributed by atoms with E-state index < -0.39 is 10.8 Å². The molecule has 1 atom stereocenters. The van der Waals surface area contributed by atoms with Crippen LogP contribution in [0.4, 0.5) is 0 Å². The Labute approximate surface area is 157 Å². The average Bonchev–Trinajstić information content (AvgIpc) is 3.11. The summed E-state index contributed by atoms with van der Waals surface area (Å²) in [6.07, 6.45) is 4.49. The molecular weight excluding hydrogens is 348 g/mol. The maximum absolute atomic E-state index is 12.5. The summed E-state index contributed by atoms with van der Waals surface area (Å²) in [6, 6.07) is 10.1. The quantitative estimate of drug-likeness (QED) is 0.803. The molecule has 3 rings (SSSR count). The number of aryl methyl sites for hydroxylation is 1. The zero-order valence-corrected chi connectivity index (χ0v) is 15.8. The number of benzene rings is 1. The lowest BCUT2D eigenvalue weighted by molar-refractivity contribution is -0.122. The van der Waals surface area contributed by atoms with Gasteiger partial charge in [-0.2, -0.15) is 5.26 Å². The van der Waals surface area contributed by atoms with E-state index in [1.165, 1.54) is 11.8 Å². The molecule has 1 aliphatic rings. The van der Waals surface area contributed by atoms with E-state index in [0.717, 1.165) is 30.4 Å². The highest BCUT2D eigenvalue weighted by molar-refractivity contribution is 8.00. The predicted octanol–water partition coefficient (Wildman–Crippen LogP) is 3.87. The van der Waals surface area contributed by atoms with Crippen molar-refractivity contribution in [3.05, 3.63) is 29.8 Å². The summed E-state index contributed by atoms with van der Waals surface area (Å²) >= 11 is 1.21. The largest absolute Gasteiger partial charge is 0.411 e. The third kappa shape index (κ3) is 4.07. The first-order valence-corrected chi connectivity index (χ1v) is 9.70. The molecule has 1 unspecified atom stereocenters. The lowest BCUT2D eigenvalue weighted by atomic mass is 9.83. The number of rotatable bonds is 5. The summed E-state index contributed by atoms with van der Waals surface area (Å²) in [6.45, 7) is 3.76. The maximum atomic E-state index is 12.5. The summed E-state index contributed by atoms with van der Waals surface area (Å²) in [4.78, 5) is 12.5. The molecule has 0 radical (unpaired) electrons. The molecular formula is C19H22N4O2S. The highest BCUT2D eigenvalue weighted by Gasteiger charge is 2.35. The second kappa shape index (κ2) is 7.92. The van der Waals surface area contributed by atoms with Crippen molar-refractivity contribution in [1.82, 2.24) is 15.5 Å². The van der Waals surface area contributed by atoms with Crippen LogP contribution >= 0.6 is 11.8 Å².